The third-order valence-electron chi connectivity index (χ3n) is 5.62. The Kier molecular flexibility index (Phi) is 4.25. The second-order valence-electron chi connectivity index (χ2n) is 8.02. The fourth-order valence-corrected chi connectivity index (χ4v) is 4.42. The van der Waals surface area contributed by atoms with Crippen LogP contribution in [0.5, 0.6) is 0 Å². The summed E-state index contributed by atoms with van der Waals surface area (Å²) in [7, 11) is 0. The molecular weight excluding hydrogens is 288 g/mol. The molecule has 0 nitrogen and oxygen atoms in total. The highest BCUT2D eigenvalue weighted by atomic mass is 14.5. The first-order chi connectivity index (χ1) is 11.4. The van der Waals surface area contributed by atoms with Gasteiger partial charge in [0.05, 0.1) is 0 Å². The Labute approximate surface area is 146 Å². The van der Waals surface area contributed by atoms with Gasteiger partial charge in [0.15, 0.2) is 0 Å². The first-order valence-corrected chi connectivity index (χ1v) is 8.85. The van der Waals surface area contributed by atoms with E-state index in [9.17, 15) is 0 Å². The fraction of sp³-hybridized carbons (Fsp3) is 0.333. The van der Waals surface area contributed by atoms with E-state index in [4.69, 9.17) is 0 Å². The highest BCUT2D eigenvalue weighted by molar-refractivity contribution is 5.50. The lowest BCUT2D eigenvalue weighted by Crippen LogP contribution is -2.46. The van der Waals surface area contributed by atoms with Crippen LogP contribution in [-0.4, -0.2) is 0 Å². The average Bonchev–Trinajstić information content (AvgIpc) is 2.88. The summed E-state index contributed by atoms with van der Waals surface area (Å²) in [5.74, 6) is 0.363. The Balaban J connectivity index is 2.35. The van der Waals surface area contributed by atoms with E-state index in [1.807, 2.05) is 0 Å². The van der Waals surface area contributed by atoms with Crippen LogP contribution in [0.4, 0.5) is 0 Å². The summed E-state index contributed by atoms with van der Waals surface area (Å²) in [6, 6.07) is 22.1. The van der Waals surface area contributed by atoms with Crippen LogP contribution in [0.25, 0.3) is 0 Å². The van der Waals surface area contributed by atoms with Gasteiger partial charge in [-0.2, -0.15) is 0 Å². The van der Waals surface area contributed by atoms with E-state index in [0.717, 1.165) is 0 Å². The number of benzene rings is 2. The van der Waals surface area contributed by atoms with E-state index in [-0.39, 0.29) is 10.8 Å². The molecule has 0 aliphatic heterocycles. The molecule has 0 atom stereocenters. The van der Waals surface area contributed by atoms with Crippen molar-refractivity contribution in [2.24, 2.45) is 11.3 Å². The number of hydrogen-bond acceptors (Lipinski definition) is 0. The summed E-state index contributed by atoms with van der Waals surface area (Å²) >= 11 is 0. The summed E-state index contributed by atoms with van der Waals surface area (Å²) in [6.45, 7) is 11.6. The minimum atomic E-state index is -0.0887. The Morgan fingerprint density at radius 2 is 1.00 bits per heavy atom. The molecule has 1 aliphatic carbocycles. The zero-order valence-electron chi connectivity index (χ0n) is 15.5. The minimum absolute atomic E-state index is 0.0677. The van der Waals surface area contributed by atoms with Crippen molar-refractivity contribution in [3.8, 4) is 0 Å². The van der Waals surface area contributed by atoms with Gasteiger partial charge in [0.25, 0.3) is 0 Å². The third kappa shape index (κ3) is 2.55. The normalized spacial score (nSPS) is 16.0. The van der Waals surface area contributed by atoms with Crippen LogP contribution < -0.4 is 0 Å². The average molecular weight is 316 g/mol. The molecule has 124 valence electrons. The Hall–Kier alpha value is -2.08. The second kappa shape index (κ2) is 6.09. The molecule has 1 aliphatic rings. The molecule has 0 fully saturated rings. The van der Waals surface area contributed by atoms with Gasteiger partial charge in [0.1, 0.15) is 0 Å². The highest BCUT2D eigenvalue weighted by Gasteiger charge is 2.49. The van der Waals surface area contributed by atoms with Crippen molar-refractivity contribution in [3.05, 3.63) is 95.1 Å². The van der Waals surface area contributed by atoms with E-state index in [1.54, 1.807) is 0 Å². The number of hydrogen-bond donors (Lipinski definition) is 0. The van der Waals surface area contributed by atoms with Gasteiger partial charge in [0.2, 0.25) is 0 Å². The molecule has 0 saturated heterocycles. The van der Waals surface area contributed by atoms with Crippen molar-refractivity contribution < 1.29 is 0 Å². The van der Waals surface area contributed by atoms with Crippen molar-refractivity contribution in [2.45, 2.75) is 40.0 Å². The fourth-order valence-electron chi connectivity index (χ4n) is 4.42. The zero-order valence-corrected chi connectivity index (χ0v) is 15.5. The molecule has 0 radical (unpaired) electrons. The summed E-state index contributed by atoms with van der Waals surface area (Å²) in [5.41, 5.74) is 5.57. The molecule has 0 N–H and O–H groups in total. The SMILES string of the molecule is CC1=CC(C(c2ccccc2)(c2ccccc2)C(C)(C)C)C=C1C. The second-order valence-corrected chi connectivity index (χ2v) is 8.02. The summed E-state index contributed by atoms with van der Waals surface area (Å²) in [6.07, 6.45) is 4.92. The Morgan fingerprint density at radius 3 is 1.33 bits per heavy atom. The monoisotopic (exact) mass is 316 g/mol. The largest absolute Gasteiger partial charge is 0.0732 e. The highest BCUT2D eigenvalue weighted by Crippen LogP contribution is 2.54. The minimum Gasteiger partial charge on any atom is -0.0732 e. The van der Waals surface area contributed by atoms with Gasteiger partial charge in [-0.3, -0.25) is 0 Å². The molecule has 2 aromatic carbocycles. The predicted octanol–water partition coefficient (Wildman–Crippen LogP) is 6.54. The van der Waals surface area contributed by atoms with Crippen molar-refractivity contribution >= 4 is 0 Å². The number of allylic oxidation sites excluding steroid dienone is 4. The Morgan fingerprint density at radius 1 is 0.625 bits per heavy atom. The molecule has 0 heterocycles. The van der Waals surface area contributed by atoms with Crippen molar-refractivity contribution in [1.82, 2.24) is 0 Å². The van der Waals surface area contributed by atoms with E-state index in [0.29, 0.717) is 5.92 Å². The maximum atomic E-state index is 2.46. The van der Waals surface area contributed by atoms with Gasteiger partial charge in [-0.25, -0.2) is 0 Å². The van der Waals surface area contributed by atoms with Crippen molar-refractivity contribution in [2.75, 3.05) is 0 Å². The van der Waals surface area contributed by atoms with Crippen LogP contribution >= 0.6 is 0 Å². The quantitative estimate of drug-likeness (QED) is 0.603. The van der Waals surface area contributed by atoms with Gasteiger partial charge >= 0.3 is 0 Å². The zero-order chi connectivity index (χ0) is 17.4. The molecule has 0 amide bonds. The van der Waals surface area contributed by atoms with Crippen LogP contribution in [0.2, 0.25) is 0 Å². The molecule has 0 spiro atoms. The van der Waals surface area contributed by atoms with Gasteiger partial charge in [-0.05, 0) is 30.4 Å². The topological polar surface area (TPSA) is 0 Å². The standard InChI is InChI=1S/C24H28/c1-18-16-22(17-19(18)2)24(23(3,4)5,20-12-8-6-9-13-20)21-14-10-7-11-15-21/h6-17,22H,1-5H3. The van der Waals surface area contributed by atoms with Gasteiger partial charge in [0, 0.05) is 11.3 Å². The van der Waals surface area contributed by atoms with Crippen LogP contribution in [0.3, 0.4) is 0 Å². The third-order valence-corrected chi connectivity index (χ3v) is 5.62. The van der Waals surface area contributed by atoms with E-state index in [2.05, 4.69) is 107 Å². The molecular formula is C24H28. The van der Waals surface area contributed by atoms with Crippen molar-refractivity contribution in [3.63, 3.8) is 0 Å². The lowest BCUT2D eigenvalue weighted by Gasteiger charge is -2.49. The van der Waals surface area contributed by atoms with Gasteiger partial charge in [-0.1, -0.05) is 105 Å². The van der Waals surface area contributed by atoms with Crippen molar-refractivity contribution in [1.29, 1.82) is 0 Å². The lowest BCUT2D eigenvalue weighted by molar-refractivity contribution is 0.195. The summed E-state index contributed by atoms with van der Waals surface area (Å²) < 4.78 is 0. The molecule has 2 aromatic rings. The molecule has 0 unspecified atom stereocenters. The summed E-state index contributed by atoms with van der Waals surface area (Å²) in [5, 5.41) is 0. The maximum absolute atomic E-state index is 2.46. The summed E-state index contributed by atoms with van der Waals surface area (Å²) in [4.78, 5) is 0. The van der Waals surface area contributed by atoms with E-state index in [1.165, 1.54) is 22.3 Å². The Bertz CT molecular complexity index is 697. The molecule has 0 aromatic heterocycles. The van der Waals surface area contributed by atoms with Gasteiger partial charge in [-0.15, -0.1) is 0 Å². The molecule has 0 saturated carbocycles. The first-order valence-electron chi connectivity index (χ1n) is 8.85. The predicted molar refractivity (Wildman–Crippen MR) is 104 cm³/mol. The smallest absolute Gasteiger partial charge is 0.0348 e. The lowest BCUT2D eigenvalue weighted by atomic mass is 9.53. The number of rotatable bonds is 3. The van der Waals surface area contributed by atoms with Crippen LogP contribution in [0.1, 0.15) is 45.7 Å². The molecule has 0 heteroatoms. The molecule has 0 bridgehead atoms. The van der Waals surface area contributed by atoms with Crippen LogP contribution in [-0.2, 0) is 5.41 Å². The maximum Gasteiger partial charge on any atom is 0.0348 e. The van der Waals surface area contributed by atoms with Gasteiger partial charge < -0.3 is 0 Å². The molecule has 24 heavy (non-hydrogen) atoms. The van der Waals surface area contributed by atoms with E-state index >= 15 is 0 Å². The first kappa shape index (κ1) is 16.8. The van der Waals surface area contributed by atoms with Crippen LogP contribution in [0, 0.1) is 11.3 Å². The van der Waals surface area contributed by atoms with E-state index < -0.39 is 0 Å². The van der Waals surface area contributed by atoms with Crippen LogP contribution in [0.15, 0.2) is 84.0 Å². The molecule has 3 rings (SSSR count).